The zero-order valence-corrected chi connectivity index (χ0v) is 21.8. The molecule has 0 aliphatic heterocycles. The SMILES string of the molecule is CC=CC(=O)OCCC[Si](O[Si](C)(C)C)(O[Si](C)(C)C)O[Si](C)(C)C. The summed E-state index contributed by atoms with van der Waals surface area (Å²) in [6, 6.07) is 0.689. The second-order valence-corrected chi connectivity index (χ2v) is 26.1. The van der Waals surface area contributed by atoms with Gasteiger partial charge in [-0.15, -0.1) is 0 Å². The van der Waals surface area contributed by atoms with E-state index in [0.717, 1.165) is 0 Å². The number of esters is 1. The van der Waals surface area contributed by atoms with E-state index < -0.39 is 33.8 Å². The largest absolute Gasteiger partial charge is 0.469 e. The van der Waals surface area contributed by atoms with Gasteiger partial charge in [0.1, 0.15) is 0 Å². The molecule has 0 aromatic rings. The van der Waals surface area contributed by atoms with Gasteiger partial charge in [-0.3, -0.25) is 0 Å². The molecule has 0 atom stereocenters. The topological polar surface area (TPSA) is 54.0 Å². The predicted octanol–water partition coefficient (Wildman–Crippen LogP) is 4.99. The Hall–Kier alpha value is -0.0425. The van der Waals surface area contributed by atoms with Gasteiger partial charge in [0.2, 0.25) is 0 Å². The zero-order chi connectivity index (χ0) is 19.9. The summed E-state index contributed by atoms with van der Waals surface area (Å²) in [4.78, 5) is 11.5. The first-order valence-corrected chi connectivity index (χ1v) is 21.1. The van der Waals surface area contributed by atoms with Gasteiger partial charge in [-0.25, -0.2) is 4.79 Å². The van der Waals surface area contributed by atoms with Gasteiger partial charge in [-0.2, -0.15) is 0 Å². The van der Waals surface area contributed by atoms with Crippen molar-refractivity contribution in [3.8, 4) is 0 Å². The van der Waals surface area contributed by atoms with Gasteiger partial charge in [0.25, 0.3) is 0 Å². The Balaban J connectivity index is 5.26. The minimum Gasteiger partial charge on any atom is -0.463 e. The first-order valence-electron chi connectivity index (χ1n) is 8.97. The highest BCUT2D eigenvalue weighted by Crippen LogP contribution is 2.29. The highest BCUT2D eigenvalue weighted by molar-refractivity contribution is 6.90. The molecule has 25 heavy (non-hydrogen) atoms. The number of carbonyl (C=O) groups excluding carboxylic acids is 1. The van der Waals surface area contributed by atoms with E-state index in [1.807, 2.05) is 0 Å². The number of rotatable bonds is 11. The van der Waals surface area contributed by atoms with Crippen molar-refractivity contribution in [3.05, 3.63) is 12.2 Å². The molecule has 148 valence electrons. The van der Waals surface area contributed by atoms with Gasteiger partial charge >= 0.3 is 14.8 Å². The summed E-state index contributed by atoms with van der Waals surface area (Å²) in [6.45, 7) is 21.7. The summed E-state index contributed by atoms with van der Waals surface area (Å²) >= 11 is 0. The molecule has 0 unspecified atom stereocenters. The van der Waals surface area contributed by atoms with E-state index in [1.54, 1.807) is 13.0 Å². The van der Waals surface area contributed by atoms with E-state index >= 15 is 0 Å². The van der Waals surface area contributed by atoms with Gasteiger partial charge in [0.05, 0.1) is 6.61 Å². The van der Waals surface area contributed by atoms with Gasteiger partial charge in [-0.05, 0) is 72.3 Å². The third-order valence-electron chi connectivity index (χ3n) is 2.56. The summed E-state index contributed by atoms with van der Waals surface area (Å²) in [5.41, 5.74) is 0. The minimum absolute atomic E-state index is 0.307. The van der Waals surface area contributed by atoms with Crippen molar-refractivity contribution in [2.45, 2.75) is 78.3 Å². The zero-order valence-electron chi connectivity index (χ0n) is 17.8. The molecule has 0 aromatic heterocycles. The average Bonchev–Trinajstić information content (AvgIpc) is 2.28. The standard InChI is InChI=1S/C16H38O5Si4/c1-11-13-16(17)18-14-12-15-25(19-22(2,3)4,20-23(5,6)7)21-24(8,9)10/h11,13H,12,14-15H2,1-10H3. The lowest BCUT2D eigenvalue weighted by molar-refractivity contribution is -0.137. The molecule has 0 fully saturated rings. The third kappa shape index (κ3) is 13.8. The van der Waals surface area contributed by atoms with Crippen LogP contribution in [0.2, 0.25) is 65.0 Å². The Labute approximate surface area is 158 Å². The second-order valence-electron chi connectivity index (χ2n) is 9.10. The van der Waals surface area contributed by atoms with Crippen molar-refractivity contribution in [1.29, 1.82) is 0 Å². The number of allylic oxidation sites excluding steroid dienone is 1. The van der Waals surface area contributed by atoms with Crippen LogP contribution in [0.5, 0.6) is 0 Å². The maximum atomic E-state index is 11.5. The number of ether oxygens (including phenoxy) is 1. The molecule has 0 heterocycles. The molecule has 0 N–H and O–H groups in total. The molecule has 0 rings (SSSR count). The third-order valence-corrected chi connectivity index (χ3v) is 14.6. The van der Waals surface area contributed by atoms with Crippen LogP contribution in [-0.2, 0) is 21.9 Å². The molecule has 0 bridgehead atoms. The van der Waals surface area contributed by atoms with Crippen LogP contribution >= 0.6 is 0 Å². The maximum Gasteiger partial charge on any atom is 0.469 e. The Morgan fingerprint density at radius 1 is 0.800 bits per heavy atom. The molecule has 0 saturated heterocycles. The fourth-order valence-corrected chi connectivity index (χ4v) is 16.9. The van der Waals surface area contributed by atoms with Crippen molar-refractivity contribution in [1.82, 2.24) is 0 Å². The number of carbonyl (C=O) groups is 1. The Morgan fingerprint density at radius 2 is 1.20 bits per heavy atom. The number of hydrogen-bond acceptors (Lipinski definition) is 5. The average molecular weight is 423 g/mol. The molecule has 0 aliphatic rings. The summed E-state index contributed by atoms with van der Waals surface area (Å²) in [5.74, 6) is -0.307. The fraction of sp³-hybridized carbons (Fsp3) is 0.812. The van der Waals surface area contributed by atoms with Crippen LogP contribution < -0.4 is 0 Å². The summed E-state index contributed by atoms with van der Waals surface area (Å²) in [7, 11) is -8.37. The summed E-state index contributed by atoms with van der Waals surface area (Å²) in [5, 5.41) is 0. The molecule has 9 heteroatoms. The normalized spacial score (nSPS) is 14.2. The minimum atomic E-state index is -2.82. The summed E-state index contributed by atoms with van der Waals surface area (Å²) in [6.07, 6.45) is 3.80. The van der Waals surface area contributed by atoms with E-state index in [0.29, 0.717) is 19.1 Å². The van der Waals surface area contributed by atoms with E-state index in [9.17, 15) is 4.79 Å². The molecule has 0 radical (unpaired) electrons. The lowest BCUT2D eigenvalue weighted by Gasteiger charge is -2.42. The molecule has 0 amide bonds. The highest BCUT2D eigenvalue weighted by atomic mass is 28.5. The number of hydrogen-bond donors (Lipinski definition) is 0. The molecular formula is C16H38O5Si4. The smallest absolute Gasteiger partial charge is 0.463 e. The van der Waals surface area contributed by atoms with E-state index in [2.05, 4.69) is 58.9 Å². The van der Waals surface area contributed by atoms with Crippen LogP contribution in [0.25, 0.3) is 0 Å². The van der Waals surface area contributed by atoms with Crippen molar-refractivity contribution in [3.63, 3.8) is 0 Å². The van der Waals surface area contributed by atoms with Crippen LogP contribution in [0, 0.1) is 0 Å². The van der Waals surface area contributed by atoms with Crippen LogP contribution in [0.3, 0.4) is 0 Å². The Kier molecular flexibility index (Phi) is 9.75. The lowest BCUT2D eigenvalue weighted by atomic mass is 10.5. The van der Waals surface area contributed by atoms with Crippen molar-refractivity contribution in [2.24, 2.45) is 0 Å². The van der Waals surface area contributed by atoms with E-state index in [-0.39, 0.29) is 5.97 Å². The van der Waals surface area contributed by atoms with Gasteiger partial charge in [0, 0.05) is 12.1 Å². The Bertz CT molecular complexity index is 406. The van der Waals surface area contributed by atoms with Gasteiger partial charge in [0.15, 0.2) is 25.0 Å². The van der Waals surface area contributed by atoms with Gasteiger partial charge < -0.3 is 17.1 Å². The molecule has 0 saturated carbocycles. The first kappa shape index (κ1) is 25.0. The van der Waals surface area contributed by atoms with Crippen molar-refractivity contribution < 1.29 is 21.9 Å². The van der Waals surface area contributed by atoms with Crippen LogP contribution in [0.15, 0.2) is 12.2 Å². The van der Waals surface area contributed by atoms with Crippen LogP contribution in [0.1, 0.15) is 13.3 Å². The monoisotopic (exact) mass is 422 g/mol. The van der Waals surface area contributed by atoms with Crippen LogP contribution in [-0.4, -0.2) is 46.3 Å². The second kappa shape index (κ2) is 9.77. The predicted molar refractivity (Wildman–Crippen MR) is 114 cm³/mol. The van der Waals surface area contributed by atoms with E-state index in [1.165, 1.54) is 6.08 Å². The molecule has 0 aromatic carbocycles. The quantitative estimate of drug-likeness (QED) is 0.203. The molecular weight excluding hydrogens is 385 g/mol. The molecule has 5 nitrogen and oxygen atoms in total. The first-order chi connectivity index (χ1) is 11.1. The molecule has 0 spiro atoms. The fourth-order valence-electron chi connectivity index (χ4n) is 2.26. The van der Waals surface area contributed by atoms with Crippen molar-refractivity contribution in [2.75, 3.05) is 6.61 Å². The summed E-state index contributed by atoms with van der Waals surface area (Å²) < 4.78 is 25.0. The van der Waals surface area contributed by atoms with Crippen LogP contribution in [0.4, 0.5) is 0 Å². The van der Waals surface area contributed by atoms with E-state index in [4.69, 9.17) is 17.1 Å². The maximum absolute atomic E-state index is 11.5. The van der Waals surface area contributed by atoms with Crippen molar-refractivity contribution >= 4 is 39.7 Å². The highest BCUT2D eigenvalue weighted by Gasteiger charge is 2.49. The lowest BCUT2D eigenvalue weighted by Crippen LogP contribution is -2.60. The van der Waals surface area contributed by atoms with Gasteiger partial charge in [-0.1, -0.05) is 6.08 Å². The molecule has 0 aliphatic carbocycles. The Morgan fingerprint density at radius 3 is 1.52 bits per heavy atom.